The van der Waals surface area contributed by atoms with E-state index in [0.29, 0.717) is 47.9 Å². The van der Waals surface area contributed by atoms with E-state index < -0.39 is 12.2 Å². The maximum atomic E-state index is 13.0. The number of rotatable bonds is 8. The summed E-state index contributed by atoms with van der Waals surface area (Å²) >= 11 is 1.43. The third-order valence-corrected chi connectivity index (χ3v) is 8.57. The number of hydrogen-bond acceptors (Lipinski definition) is 7. The molecule has 38 heavy (non-hydrogen) atoms. The van der Waals surface area contributed by atoms with Crippen LogP contribution in [-0.2, 0) is 16.9 Å². The van der Waals surface area contributed by atoms with Gasteiger partial charge >= 0.3 is 6.61 Å². The molecule has 7 nitrogen and oxygen atoms in total. The quantitative estimate of drug-likeness (QED) is 0.289. The molecular weight excluding hydrogens is 510 g/mol. The first kappa shape index (κ1) is 24.9. The molecule has 4 aromatic rings. The maximum Gasteiger partial charge on any atom is 0.387 e. The lowest BCUT2D eigenvalue weighted by Crippen LogP contribution is -2.34. The molecule has 2 fully saturated rings. The highest BCUT2D eigenvalue weighted by atomic mass is 32.1. The summed E-state index contributed by atoms with van der Waals surface area (Å²) in [5.41, 5.74) is 2.71. The smallest absolute Gasteiger partial charge is 0.387 e. The molecule has 0 radical (unpaired) electrons. The molecule has 0 bridgehead atoms. The summed E-state index contributed by atoms with van der Waals surface area (Å²) in [4.78, 5) is 4.65. The number of para-hydroxylation sites is 2. The van der Waals surface area contributed by atoms with Crippen molar-refractivity contribution in [3.05, 3.63) is 70.5 Å². The summed E-state index contributed by atoms with van der Waals surface area (Å²) in [5.74, 6) is 0.470. The molecule has 0 atom stereocenters. The third-order valence-electron chi connectivity index (χ3n) is 7.36. The second-order valence-corrected chi connectivity index (χ2v) is 11.0. The van der Waals surface area contributed by atoms with Crippen LogP contribution < -0.4 is 4.74 Å². The van der Waals surface area contributed by atoms with E-state index in [1.165, 1.54) is 17.4 Å². The fourth-order valence-electron chi connectivity index (χ4n) is 5.14. The highest BCUT2D eigenvalue weighted by Gasteiger charge is 2.38. The Balaban J connectivity index is 1.17. The minimum Gasteiger partial charge on any atom is -0.433 e. The van der Waals surface area contributed by atoms with Crippen molar-refractivity contribution in [3.63, 3.8) is 0 Å². The van der Waals surface area contributed by atoms with Gasteiger partial charge in [0.15, 0.2) is 5.75 Å². The van der Waals surface area contributed by atoms with Crippen LogP contribution in [0.5, 0.6) is 5.75 Å². The highest BCUT2D eigenvalue weighted by molar-refractivity contribution is 7.18. The van der Waals surface area contributed by atoms with Gasteiger partial charge in [-0.05, 0) is 80.3 Å². The van der Waals surface area contributed by atoms with E-state index in [1.54, 1.807) is 41.2 Å². The number of nitriles is 1. The number of nitrogens with zero attached hydrogens (tertiary/aromatic N) is 4. The highest BCUT2D eigenvalue weighted by Crippen LogP contribution is 2.44. The van der Waals surface area contributed by atoms with Gasteiger partial charge in [0, 0.05) is 0 Å². The number of aromatic nitrogens is 3. The third kappa shape index (κ3) is 4.89. The topological polar surface area (TPSA) is 93.2 Å². The van der Waals surface area contributed by atoms with Crippen LogP contribution >= 0.6 is 11.3 Å². The van der Waals surface area contributed by atoms with Crippen LogP contribution in [0.2, 0.25) is 0 Å². The second-order valence-electron chi connectivity index (χ2n) is 9.93. The molecule has 1 N–H and O–H groups in total. The Bertz CT molecular complexity index is 1500. The van der Waals surface area contributed by atoms with Gasteiger partial charge in [0.2, 0.25) is 0 Å². The Labute approximate surface area is 222 Å². The lowest BCUT2D eigenvalue weighted by atomic mass is 9.83. The summed E-state index contributed by atoms with van der Waals surface area (Å²) < 4.78 is 39.7. The number of aliphatic hydroxyl groups is 1. The van der Waals surface area contributed by atoms with Crippen molar-refractivity contribution >= 4 is 21.6 Å². The molecule has 0 aliphatic heterocycles. The van der Waals surface area contributed by atoms with Crippen LogP contribution in [0.15, 0.2) is 48.7 Å². The van der Waals surface area contributed by atoms with Gasteiger partial charge in [-0.2, -0.15) is 19.1 Å². The minimum atomic E-state index is -2.93. The van der Waals surface area contributed by atoms with Gasteiger partial charge in [-0.15, -0.1) is 11.3 Å². The van der Waals surface area contributed by atoms with E-state index >= 15 is 0 Å². The number of fused-ring (bicyclic) bond motifs is 1. The minimum absolute atomic E-state index is 0.0576. The molecule has 2 aliphatic rings. The Morgan fingerprint density at radius 1 is 1.16 bits per heavy atom. The lowest BCUT2D eigenvalue weighted by Gasteiger charge is -2.34. The Morgan fingerprint density at radius 2 is 1.95 bits per heavy atom. The number of benzene rings is 2. The molecule has 2 aromatic carbocycles. The fourth-order valence-corrected chi connectivity index (χ4v) is 6.29. The standard InChI is InChI=1S/C28H26F2N4O3S/c29-27(30)37-24-4-2-1-3-22(24)34-23(20(15-32-34)18-6-7-18)16-36-19-9-11-28(35,12-10-19)26-33-21-8-5-17(14-31)13-25(21)38-26/h1-5,8,13,15,18-19,27,35H,6-7,9-12,16H2. The van der Waals surface area contributed by atoms with E-state index in [-0.39, 0.29) is 18.5 Å². The van der Waals surface area contributed by atoms with Gasteiger partial charge in [-0.3, -0.25) is 0 Å². The number of alkyl halides is 2. The van der Waals surface area contributed by atoms with E-state index in [4.69, 9.17) is 14.7 Å². The summed E-state index contributed by atoms with van der Waals surface area (Å²) in [6.45, 7) is -2.64. The van der Waals surface area contributed by atoms with E-state index in [2.05, 4.69) is 16.2 Å². The lowest BCUT2D eigenvalue weighted by molar-refractivity contribution is -0.0649. The fraction of sp³-hybridized carbons (Fsp3) is 0.393. The first-order chi connectivity index (χ1) is 18.4. The first-order valence-corrected chi connectivity index (χ1v) is 13.5. The molecule has 2 aliphatic carbocycles. The van der Waals surface area contributed by atoms with E-state index in [1.807, 2.05) is 6.07 Å². The van der Waals surface area contributed by atoms with Crippen molar-refractivity contribution in [2.75, 3.05) is 0 Å². The van der Waals surface area contributed by atoms with Crippen LogP contribution in [0.25, 0.3) is 15.9 Å². The molecule has 2 heterocycles. The normalized spacial score (nSPS) is 21.6. The molecule has 2 saturated carbocycles. The van der Waals surface area contributed by atoms with Crippen LogP contribution in [0.3, 0.4) is 0 Å². The van der Waals surface area contributed by atoms with Gasteiger partial charge in [0.1, 0.15) is 16.3 Å². The Hall–Kier alpha value is -3.39. The SMILES string of the molecule is N#Cc1ccc2nc(C3(O)CCC(OCc4c(C5CC5)cnn4-c4ccccc4OC(F)F)CC3)sc2c1. The van der Waals surface area contributed by atoms with Crippen LogP contribution in [-0.4, -0.2) is 32.6 Å². The van der Waals surface area contributed by atoms with Gasteiger partial charge < -0.3 is 14.6 Å². The average molecular weight is 537 g/mol. The van der Waals surface area contributed by atoms with Crippen molar-refractivity contribution in [2.24, 2.45) is 0 Å². The van der Waals surface area contributed by atoms with Gasteiger partial charge in [-0.25, -0.2) is 9.67 Å². The predicted molar refractivity (Wildman–Crippen MR) is 137 cm³/mol. The molecule has 0 amide bonds. The maximum absolute atomic E-state index is 13.0. The van der Waals surface area contributed by atoms with Crippen LogP contribution in [0, 0.1) is 11.3 Å². The Kier molecular flexibility index (Phi) is 6.60. The molecule has 10 heteroatoms. The van der Waals surface area contributed by atoms with Crippen molar-refractivity contribution in [3.8, 4) is 17.5 Å². The molecule has 196 valence electrons. The number of ether oxygens (including phenoxy) is 2. The molecule has 0 unspecified atom stereocenters. The van der Waals surface area contributed by atoms with Crippen LogP contribution in [0.4, 0.5) is 8.78 Å². The van der Waals surface area contributed by atoms with Crippen molar-refractivity contribution in [1.82, 2.24) is 14.8 Å². The van der Waals surface area contributed by atoms with Gasteiger partial charge in [0.25, 0.3) is 0 Å². The first-order valence-electron chi connectivity index (χ1n) is 12.7. The second kappa shape index (κ2) is 10.1. The van der Waals surface area contributed by atoms with Crippen molar-refractivity contribution in [2.45, 2.75) is 69.4 Å². The average Bonchev–Trinajstić information content (AvgIpc) is 3.52. The summed E-state index contributed by atoms with van der Waals surface area (Å²) in [6.07, 6.45) is 6.25. The summed E-state index contributed by atoms with van der Waals surface area (Å²) in [5, 5.41) is 25.8. The summed E-state index contributed by atoms with van der Waals surface area (Å²) in [6, 6.07) is 14.1. The van der Waals surface area contributed by atoms with Crippen LogP contribution in [0.1, 0.15) is 66.3 Å². The van der Waals surface area contributed by atoms with E-state index in [0.717, 1.165) is 34.3 Å². The van der Waals surface area contributed by atoms with Gasteiger partial charge in [0.05, 0.1) is 46.5 Å². The summed E-state index contributed by atoms with van der Waals surface area (Å²) in [7, 11) is 0. The number of halogens is 2. The number of thiazole rings is 1. The zero-order valence-corrected chi connectivity index (χ0v) is 21.3. The monoisotopic (exact) mass is 536 g/mol. The number of hydrogen-bond donors (Lipinski definition) is 1. The van der Waals surface area contributed by atoms with Crippen molar-refractivity contribution in [1.29, 1.82) is 5.26 Å². The van der Waals surface area contributed by atoms with Gasteiger partial charge in [-0.1, -0.05) is 12.1 Å². The molecule has 0 saturated heterocycles. The zero-order chi connectivity index (χ0) is 26.3. The Morgan fingerprint density at radius 3 is 2.68 bits per heavy atom. The largest absolute Gasteiger partial charge is 0.433 e. The van der Waals surface area contributed by atoms with E-state index in [9.17, 15) is 13.9 Å². The molecule has 2 aromatic heterocycles. The zero-order valence-electron chi connectivity index (χ0n) is 20.5. The van der Waals surface area contributed by atoms with Crippen molar-refractivity contribution < 1.29 is 23.4 Å². The molecule has 6 rings (SSSR count). The molecule has 0 spiro atoms. The predicted octanol–water partition coefficient (Wildman–Crippen LogP) is 6.18. The molecular formula is C28H26F2N4O3S.